The predicted octanol–water partition coefficient (Wildman–Crippen LogP) is 2.18. The Morgan fingerprint density at radius 2 is 2.18 bits per heavy atom. The van der Waals surface area contributed by atoms with E-state index in [1.165, 1.54) is 16.4 Å². The summed E-state index contributed by atoms with van der Waals surface area (Å²) in [7, 11) is 0. The summed E-state index contributed by atoms with van der Waals surface area (Å²) in [6.45, 7) is 3.93. The lowest BCUT2D eigenvalue weighted by Crippen LogP contribution is -2.17. The van der Waals surface area contributed by atoms with Gasteiger partial charge in [-0.25, -0.2) is 10.1 Å². The lowest BCUT2D eigenvalue weighted by atomic mass is 10.1. The third-order valence-corrected chi connectivity index (χ3v) is 4.67. The molecule has 0 fully saturated rings. The average molecular weight is 396 g/mol. The van der Waals surface area contributed by atoms with Crippen LogP contribution in [-0.2, 0) is 4.79 Å². The summed E-state index contributed by atoms with van der Waals surface area (Å²) in [4.78, 5) is 16.2. The van der Waals surface area contributed by atoms with Gasteiger partial charge in [0.05, 0.1) is 12.0 Å². The molecule has 0 saturated carbocycles. The van der Waals surface area contributed by atoms with Crippen molar-refractivity contribution in [1.82, 2.24) is 19.9 Å². The molecule has 10 heteroatoms. The highest BCUT2D eigenvalue weighted by Crippen LogP contribution is 2.19. The summed E-state index contributed by atoms with van der Waals surface area (Å²) in [5.74, 6) is 6.22. The Labute approximate surface area is 166 Å². The monoisotopic (exact) mass is 396 g/mol. The fourth-order valence-corrected chi connectivity index (χ4v) is 2.91. The van der Waals surface area contributed by atoms with Crippen molar-refractivity contribution >= 4 is 35.5 Å². The van der Waals surface area contributed by atoms with Gasteiger partial charge in [-0.05, 0) is 37.1 Å². The number of anilines is 2. The second-order valence-electron chi connectivity index (χ2n) is 5.99. The Bertz CT molecular complexity index is 987. The quantitative estimate of drug-likeness (QED) is 0.242. The first-order valence-electron chi connectivity index (χ1n) is 8.42. The van der Waals surface area contributed by atoms with Crippen molar-refractivity contribution in [2.45, 2.75) is 19.0 Å². The highest BCUT2D eigenvalue weighted by Gasteiger charge is 2.12. The van der Waals surface area contributed by atoms with Crippen LogP contribution in [0, 0.1) is 13.8 Å². The van der Waals surface area contributed by atoms with E-state index in [0.717, 1.165) is 22.4 Å². The van der Waals surface area contributed by atoms with Crippen molar-refractivity contribution in [2.24, 2.45) is 5.10 Å². The minimum Gasteiger partial charge on any atom is -0.334 e. The first kappa shape index (κ1) is 19.4. The van der Waals surface area contributed by atoms with Crippen molar-refractivity contribution < 1.29 is 4.79 Å². The number of amides is 1. The molecule has 0 aliphatic carbocycles. The number of aromatic nitrogens is 4. The number of thioether (sulfide) groups is 1. The average Bonchev–Trinajstić information content (AvgIpc) is 3.04. The number of carbonyl (C=O) groups excluding carboxylic acids is 1. The van der Waals surface area contributed by atoms with Crippen LogP contribution in [0.15, 0.2) is 53.0 Å². The van der Waals surface area contributed by atoms with Gasteiger partial charge in [0.25, 0.3) is 5.95 Å². The predicted molar refractivity (Wildman–Crippen MR) is 111 cm³/mol. The molecule has 28 heavy (non-hydrogen) atoms. The van der Waals surface area contributed by atoms with E-state index in [2.05, 4.69) is 31.0 Å². The Kier molecular flexibility index (Phi) is 6.22. The molecule has 9 nitrogen and oxygen atoms in total. The van der Waals surface area contributed by atoms with Gasteiger partial charge in [-0.2, -0.15) is 5.10 Å². The second-order valence-corrected chi connectivity index (χ2v) is 6.93. The van der Waals surface area contributed by atoms with Crippen LogP contribution in [0.25, 0.3) is 0 Å². The molecule has 0 unspecified atom stereocenters. The number of rotatable bonds is 7. The molecular formula is C18H20N8OS. The Hall–Kier alpha value is -3.40. The molecular weight excluding hydrogens is 376 g/mol. The molecule has 4 N–H and O–H groups in total. The van der Waals surface area contributed by atoms with Crippen LogP contribution in [0.3, 0.4) is 0 Å². The molecule has 0 spiro atoms. The standard InChI is InChI=1S/C18H20N8OS/c1-12-5-6-13(2)15(8-12)22-16(27)11-28-18-25-24-17(26(18)19)23-21-10-14-4-3-7-20-9-14/h3-10H,11,19H2,1-2H3,(H,22,27)(H,23,24)/b21-10+. The maximum absolute atomic E-state index is 12.2. The molecule has 1 amide bonds. The molecule has 0 aliphatic heterocycles. The Morgan fingerprint density at radius 1 is 1.32 bits per heavy atom. The lowest BCUT2D eigenvalue weighted by Gasteiger charge is -2.09. The molecule has 0 atom stereocenters. The van der Waals surface area contributed by atoms with E-state index >= 15 is 0 Å². The molecule has 1 aromatic carbocycles. The molecule has 0 bridgehead atoms. The van der Waals surface area contributed by atoms with Crippen LogP contribution in [0.4, 0.5) is 11.6 Å². The Balaban J connectivity index is 1.54. The summed E-state index contributed by atoms with van der Waals surface area (Å²) in [6.07, 6.45) is 4.95. The first-order chi connectivity index (χ1) is 13.5. The fraction of sp³-hybridized carbons (Fsp3) is 0.167. The van der Waals surface area contributed by atoms with Gasteiger partial charge >= 0.3 is 0 Å². The molecule has 0 saturated heterocycles. The molecule has 3 aromatic rings. The topological polar surface area (TPSA) is 123 Å². The summed E-state index contributed by atoms with van der Waals surface area (Å²) < 4.78 is 1.25. The van der Waals surface area contributed by atoms with E-state index < -0.39 is 0 Å². The number of carbonyl (C=O) groups is 1. The molecule has 3 rings (SSSR count). The van der Waals surface area contributed by atoms with Crippen molar-refractivity contribution in [3.63, 3.8) is 0 Å². The smallest absolute Gasteiger partial charge is 0.264 e. The van der Waals surface area contributed by atoms with Crippen LogP contribution < -0.4 is 16.6 Å². The van der Waals surface area contributed by atoms with E-state index in [1.54, 1.807) is 18.6 Å². The number of hydrazone groups is 1. The largest absolute Gasteiger partial charge is 0.334 e. The SMILES string of the molecule is Cc1ccc(C)c(NC(=O)CSc2nnc(N/N=C/c3cccnc3)n2N)c1. The summed E-state index contributed by atoms with van der Waals surface area (Å²) in [5.41, 5.74) is 6.43. The van der Waals surface area contributed by atoms with Gasteiger partial charge in [-0.3, -0.25) is 9.78 Å². The van der Waals surface area contributed by atoms with E-state index in [9.17, 15) is 4.79 Å². The number of hydrogen-bond donors (Lipinski definition) is 3. The number of benzene rings is 1. The number of aryl methyl sites for hydroxylation is 2. The molecule has 144 valence electrons. The van der Waals surface area contributed by atoms with Gasteiger partial charge in [0, 0.05) is 23.6 Å². The third kappa shape index (κ3) is 5.07. The molecule has 2 aromatic heterocycles. The summed E-state index contributed by atoms with van der Waals surface area (Å²) >= 11 is 1.19. The van der Waals surface area contributed by atoms with Gasteiger partial charge in [0.15, 0.2) is 0 Å². The highest BCUT2D eigenvalue weighted by atomic mass is 32.2. The maximum atomic E-state index is 12.2. The first-order valence-corrected chi connectivity index (χ1v) is 9.41. The number of nitrogen functional groups attached to an aromatic ring is 1. The van der Waals surface area contributed by atoms with Crippen molar-refractivity contribution in [3.05, 3.63) is 59.4 Å². The van der Waals surface area contributed by atoms with Crippen LogP contribution >= 0.6 is 11.8 Å². The number of nitrogens with zero attached hydrogens (tertiary/aromatic N) is 5. The van der Waals surface area contributed by atoms with Crippen molar-refractivity contribution in [3.8, 4) is 0 Å². The van der Waals surface area contributed by atoms with Crippen molar-refractivity contribution in [2.75, 3.05) is 22.3 Å². The van der Waals surface area contributed by atoms with Crippen LogP contribution in [0.1, 0.15) is 16.7 Å². The number of nitrogens with two attached hydrogens (primary N) is 1. The van der Waals surface area contributed by atoms with Gasteiger partial charge in [0.1, 0.15) is 0 Å². The summed E-state index contributed by atoms with van der Waals surface area (Å²) in [5, 5.41) is 15.2. The van der Waals surface area contributed by atoms with Gasteiger partial charge in [-0.15, -0.1) is 10.2 Å². The fourth-order valence-electron chi connectivity index (χ4n) is 2.26. The van der Waals surface area contributed by atoms with Crippen LogP contribution in [0.5, 0.6) is 0 Å². The minimum atomic E-state index is -0.147. The number of nitrogens with one attached hydrogen (secondary N) is 2. The highest BCUT2D eigenvalue weighted by molar-refractivity contribution is 7.99. The summed E-state index contributed by atoms with van der Waals surface area (Å²) in [6, 6.07) is 9.58. The zero-order valence-electron chi connectivity index (χ0n) is 15.5. The van der Waals surface area contributed by atoms with Gasteiger partial charge in [0.2, 0.25) is 11.1 Å². The van der Waals surface area contributed by atoms with E-state index in [1.807, 2.05) is 44.2 Å². The van der Waals surface area contributed by atoms with Gasteiger partial charge < -0.3 is 11.2 Å². The van der Waals surface area contributed by atoms with E-state index in [0.29, 0.717) is 5.16 Å². The maximum Gasteiger partial charge on any atom is 0.264 e. The third-order valence-electron chi connectivity index (χ3n) is 3.73. The minimum absolute atomic E-state index is 0.147. The van der Waals surface area contributed by atoms with Crippen LogP contribution in [-0.4, -0.2) is 37.7 Å². The Morgan fingerprint density at radius 3 is 2.96 bits per heavy atom. The second kappa shape index (κ2) is 9.00. The van der Waals surface area contributed by atoms with E-state index in [-0.39, 0.29) is 17.6 Å². The number of hydrogen-bond acceptors (Lipinski definition) is 8. The molecule has 0 aliphatic rings. The normalized spacial score (nSPS) is 10.9. The zero-order valence-corrected chi connectivity index (χ0v) is 16.3. The number of pyridine rings is 1. The molecule has 0 radical (unpaired) electrons. The molecule has 2 heterocycles. The zero-order chi connectivity index (χ0) is 19.9. The van der Waals surface area contributed by atoms with Gasteiger partial charge in [-0.1, -0.05) is 30.0 Å². The van der Waals surface area contributed by atoms with E-state index in [4.69, 9.17) is 5.84 Å². The van der Waals surface area contributed by atoms with Crippen LogP contribution in [0.2, 0.25) is 0 Å². The lowest BCUT2D eigenvalue weighted by molar-refractivity contribution is -0.113. The van der Waals surface area contributed by atoms with Crippen molar-refractivity contribution in [1.29, 1.82) is 0 Å².